The Kier molecular flexibility index (Phi) is 6.22. The van der Waals surface area contributed by atoms with Crippen LogP contribution in [0, 0.1) is 6.92 Å². The summed E-state index contributed by atoms with van der Waals surface area (Å²) in [4.78, 5) is 0.196. The molecule has 6 nitrogen and oxygen atoms in total. The van der Waals surface area contributed by atoms with E-state index in [2.05, 4.69) is 11.0 Å². The highest BCUT2D eigenvalue weighted by molar-refractivity contribution is 7.89. The topological polar surface area (TPSA) is 76.0 Å². The SMILES string of the molecule is C=CCN(C1(/C=N/S(=O)C(C)(C)C)COC1)S(=O)(=O)c1ccc(C)cc1. The van der Waals surface area contributed by atoms with Crippen molar-refractivity contribution in [3.8, 4) is 0 Å². The molecule has 1 unspecified atom stereocenters. The van der Waals surface area contributed by atoms with Gasteiger partial charge in [-0.05, 0) is 39.8 Å². The lowest BCUT2D eigenvalue weighted by Gasteiger charge is -2.45. The Bertz CT molecular complexity index is 805. The summed E-state index contributed by atoms with van der Waals surface area (Å²) in [5, 5.41) is 0. The first kappa shape index (κ1) is 21.0. The van der Waals surface area contributed by atoms with Crippen LogP contribution < -0.4 is 0 Å². The quantitative estimate of drug-likeness (QED) is 0.522. The van der Waals surface area contributed by atoms with E-state index < -0.39 is 31.3 Å². The number of hydrogen-bond acceptors (Lipinski definition) is 4. The predicted molar refractivity (Wildman–Crippen MR) is 105 cm³/mol. The smallest absolute Gasteiger partial charge is 0.244 e. The molecule has 0 radical (unpaired) electrons. The maximum atomic E-state index is 13.2. The Morgan fingerprint density at radius 1 is 1.31 bits per heavy atom. The van der Waals surface area contributed by atoms with Gasteiger partial charge < -0.3 is 4.74 Å². The molecule has 0 aromatic heterocycles. The van der Waals surface area contributed by atoms with Gasteiger partial charge in [0.05, 0.1) is 22.9 Å². The fourth-order valence-electron chi connectivity index (χ4n) is 2.37. The Morgan fingerprint density at radius 3 is 2.31 bits per heavy atom. The minimum Gasteiger partial charge on any atom is -0.377 e. The van der Waals surface area contributed by atoms with Crippen LogP contribution >= 0.6 is 0 Å². The molecule has 1 heterocycles. The Hall–Kier alpha value is -1.35. The predicted octanol–water partition coefficient (Wildman–Crippen LogP) is 2.47. The minimum absolute atomic E-state index is 0.105. The third-order valence-corrected chi connectivity index (χ3v) is 7.32. The first-order valence-electron chi connectivity index (χ1n) is 8.28. The number of sulfonamides is 1. The molecule has 2 rings (SSSR count). The van der Waals surface area contributed by atoms with E-state index in [0.717, 1.165) is 5.56 Å². The first-order chi connectivity index (χ1) is 12.0. The van der Waals surface area contributed by atoms with Gasteiger partial charge in [0.2, 0.25) is 10.0 Å². The van der Waals surface area contributed by atoms with Gasteiger partial charge in [0.1, 0.15) is 16.5 Å². The van der Waals surface area contributed by atoms with Crippen molar-refractivity contribution in [2.24, 2.45) is 4.40 Å². The maximum Gasteiger partial charge on any atom is 0.244 e. The number of ether oxygens (including phenoxy) is 1. The second-order valence-electron chi connectivity index (χ2n) is 7.33. The zero-order chi connectivity index (χ0) is 19.6. The van der Waals surface area contributed by atoms with Crippen molar-refractivity contribution in [2.45, 2.75) is 42.9 Å². The van der Waals surface area contributed by atoms with Crippen LogP contribution in [0.15, 0.2) is 46.2 Å². The summed E-state index contributed by atoms with van der Waals surface area (Å²) >= 11 is 0. The average Bonchev–Trinajstić information content (AvgIpc) is 2.52. The normalized spacial score (nSPS) is 18.7. The van der Waals surface area contributed by atoms with Crippen molar-refractivity contribution < 1.29 is 17.4 Å². The summed E-state index contributed by atoms with van der Waals surface area (Å²) in [5.41, 5.74) is 0.0155. The lowest BCUT2D eigenvalue weighted by Crippen LogP contribution is -2.65. The highest BCUT2D eigenvalue weighted by atomic mass is 32.2. The first-order valence-corrected chi connectivity index (χ1v) is 10.8. The van der Waals surface area contributed by atoms with E-state index >= 15 is 0 Å². The van der Waals surface area contributed by atoms with Crippen LogP contribution in [-0.2, 0) is 25.7 Å². The van der Waals surface area contributed by atoms with Gasteiger partial charge >= 0.3 is 0 Å². The minimum atomic E-state index is -3.79. The molecule has 1 aromatic rings. The van der Waals surface area contributed by atoms with Crippen LogP contribution in [0.4, 0.5) is 0 Å². The molecule has 26 heavy (non-hydrogen) atoms. The van der Waals surface area contributed by atoms with Gasteiger partial charge in [0, 0.05) is 12.8 Å². The van der Waals surface area contributed by atoms with Crippen LogP contribution in [0.2, 0.25) is 0 Å². The molecule has 0 saturated carbocycles. The summed E-state index contributed by atoms with van der Waals surface area (Å²) in [6, 6.07) is 6.67. The number of nitrogens with zero attached hydrogens (tertiary/aromatic N) is 2. The molecule has 1 fully saturated rings. The lowest BCUT2D eigenvalue weighted by molar-refractivity contribution is -0.0659. The van der Waals surface area contributed by atoms with Crippen molar-refractivity contribution in [1.82, 2.24) is 4.31 Å². The molecule has 0 aliphatic carbocycles. The van der Waals surface area contributed by atoms with Crippen molar-refractivity contribution in [3.63, 3.8) is 0 Å². The van der Waals surface area contributed by atoms with Gasteiger partial charge in [-0.15, -0.1) is 6.58 Å². The monoisotopic (exact) mass is 398 g/mol. The molecular weight excluding hydrogens is 372 g/mol. The molecule has 0 amide bonds. The summed E-state index contributed by atoms with van der Waals surface area (Å²) in [6.07, 6.45) is 2.99. The van der Waals surface area contributed by atoms with E-state index in [1.165, 1.54) is 16.6 Å². The zero-order valence-corrected chi connectivity index (χ0v) is 17.3. The Labute approximate surface area is 158 Å². The van der Waals surface area contributed by atoms with E-state index in [-0.39, 0.29) is 24.7 Å². The largest absolute Gasteiger partial charge is 0.377 e. The van der Waals surface area contributed by atoms with Crippen LogP contribution in [0.1, 0.15) is 26.3 Å². The van der Waals surface area contributed by atoms with Gasteiger partial charge in [-0.1, -0.05) is 23.8 Å². The van der Waals surface area contributed by atoms with Gasteiger partial charge in [-0.25, -0.2) is 12.6 Å². The zero-order valence-electron chi connectivity index (χ0n) is 15.6. The summed E-state index contributed by atoms with van der Waals surface area (Å²) < 4.78 is 48.9. The number of aryl methyl sites for hydroxylation is 1. The molecule has 1 aliphatic heterocycles. The molecule has 0 N–H and O–H groups in total. The van der Waals surface area contributed by atoms with Crippen molar-refractivity contribution in [3.05, 3.63) is 42.5 Å². The highest BCUT2D eigenvalue weighted by Gasteiger charge is 2.48. The van der Waals surface area contributed by atoms with Gasteiger partial charge in [-0.3, -0.25) is 0 Å². The number of rotatable bonds is 7. The van der Waals surface area contributed by atoms with Crippen LogP contribution in [0.25, 0.3) is 0 Å². The van der Waals surface area contributed by atoms with Crippen molar-refractivity contribution >= 4 is 27.2 Å². The Morgan fingerprint density at radius 2 is 1.88 bits per heavy atom. The van der Waals surface area contributed by atoms with E-state index in [0.29, 0.717) is 0 Å². The van der Waals surface area contributed by atoms with Gasteiger partial charge in [-0.2, -0.15) is 8.70 Å². The van der Waals surface area contributed by atoms with Crippen molar-refractivity contribution in [1.29, 1.82) is 0 Å². The van der Waals surface area contributed by atoms with Gasteiger partial charge in [0.15, 0.2) is 0 Å². The average molecular weight is 399 g/mol. The fraction of sp³-hybridized carbons (Fsp3) is 0.500. The lowest BCUT2D eigenvalue weighted by atomic mass is 9.99. The van der Waals surface area contributed by atoms with E-state index in [4.69, 9.17) is 4.74 Å². The fourth-order valence-corrected chi connectivity index (χ4v) is 4.65. The second kappa shape index (κ2) is 7.72. The summed E-state index contributed by atoms with van der Waals surface area (Å²) in [5.74, 6) is 0. The third-order valence-electron chi connectivity index (χ3n) is 4.02. The molecule has 0 bridgehead atoms. The van der Waals surface area contributed by atoms with Crippen LogP contribution in [-0.4, -0.2) is 53.2 Å². The molecule has 1 atom stereocenters. The second-order valence-corrected chi connectivity index (χ2v) is 11.1. The van der Waals surface area contributed by atoms with E-state index in [1.807, 2.05) is 27.7 Å². The molecular formula is C18H26N2O4S2. The molecule has 1 saturated heterocycles. The van der Waals surface area contributed by atoms with Crippen molar-refractivity contribution in [2.75, 3.05) is 19.8 Å². The number of benzene rings is 1. The summed E-state index contributed by atoms with van der Waals surface area (Å²) in [7, 11) is -5.27. The van der Waals surface area contributed by atoms with Crippen LogP contribution in [0.3, 0.4) is 0 Å². The van der Waals surface area contributed by atoms with Gasteiger partial charge in [0.25, 0.3) is 0 Å². The molecule has 144 valence electrons. The molecule has 0 spiro atoms. The van der Waals surface area contributed by atoms with E-state index in [1.54, 1.807) is 24.3 Å². The molecule has 8 heteroatoms. The summed E-state index contributed by atoms with van der Waals surface area (Å²) in [6.45, 7) is 11.4. The van der Waals surface area contributed by atoms with E-state index in [9.17, 15) is 12.6 Å². The van der Waals surface area contributed by atoms with Crippen LogP contribution in [0.5, 0.6) is 0 Å². The number of hydrogen-bond donors (Lipinski definition) is 0. The molecule has 1 aromatic carbocycles. The third kappa shape index (κ3) is 4.31. The standard InChI is InChI=1S/C18H26N2O4S2/c1-6-11-20(26(22,23)16-9-7-15(2)8-10-16)18(13-24-14-18)12-19-25(21)17(3,4)5/h6-10,12H,1,11,13-14H2,2-5H3/b19-12+. The Balaban J connectivity index is 2.43. The molecule has 1 aliphatic rings. The maximum absolute atomic E-state index is 13.2. The highest BCUT2D eigenvalue weighted by Crippen LogP contribution is 2.30.